The van der Waals surface area contributed by atoms with E-state index >= 15 is 0 Å². The van der Waals surface area contributed by atoms with Gasteiger partial charge in [-0.3, -0.25) is 0 Å². The van der Waals surface area contributed by atoms with Crippen LogP contribution in [0.2, 0.25) is 0 Å². The van der Waals surface area contributed by atoms with Crippen LogP contribution in [0.3, 0.4) is 0 Å². The summed E-state index contributed by atoms with van der Waals surface area (Å²) in [5.74, 6) is 0.724. The lowest BCUT2D eigenvalue weighted by Gasteiger charge is -1.95. The highest BCUT2D eigenvalue weighted by Crippen LogP contribution is 2.01. The summed E-state index contributed by atoms with van der Waals surface area (Å²) in [5, 5.41) is 0. The smallest absolute Gasteiger partial charge is 0.152 e. The summed E-state index contributed by atoms with van der Waals surface area (Å²) in [6.07, 6.45) is 2.79. The Morgan fingerprint density at radius 3 is 3.20 bits per heavy atom. The lowest BCUT2D eigenvalue weighted by atomic mass is 10.5. The molecule has 0 N–H and O–H groups in total. The summed E-state index contributed by atoms with van der Waals surface area (Å²) in [5.41, 5.74) is 0. The molecule has 0 bridgehead atoms. The van der Waals surface area contributed by atoms with Gasteiger partial charge in [-0.25, -0.2) is 0 Å². The molecule has 0 atom stereocenters. The molecule has 54 valence electrons. The zero-order chi connectivity index (χ0) is 7.23. The fourth-order valence-electron chi connectivity index (χ4n) is 0.535. The molecule has 0 aliphatic carbocycles. The molecular weight excluding hydrogens is 132 g/mol. The highest BCUT2D eigenvalue weighted by Gasteiger charge is 1.93. The average molecular weight is 140 g/mol. The van der Waals surface area contributed by atoms with E-state index in [0.29, 0.717) is 6.61 Å². The molecule has 3 nitrogen and oxygen atoms in total. The molecule has 0 spiro atoms. The van der Waals surface area contributed by atoms with Crippen molar-refractivity contribution in [2.45, 2.75) is 6.61 Å². The van der Waals surface area contributed by atoms with Crippen molar-refractivity contribution in [3.05, 3.63) is 37.0 Å². The fraction of sp³-hybridized carbons (Fsp3) is 0.143. The zero-order valence-electron chi connectivity index (χ0n) is 5.45. The Hall–Kier alpha value is -1.22. The molecule has 1 rings (SSSR count). The van der Waals surface area contributed by atoms with Crippen LogP contribution >= 0.6 is 0 Å². The number of hydrogen-bond acceptors (Lipinski definition) is 3. The molecule has 0 aliphatic heterocycles. The second kappa shape index (κ2) is 3.74. The number of rotatable bonds is 4. The molecule has 0 radical (unpaired) electrons. The molecule has 3 heteroatoms. The Balaban J connectivity index is 2.21. The van der Waals surface area contributed by atoms with Crippen LogP contribution in [0, 0.1) is 0 Å². The van der Waals surface area contributed by atoms with E-state index in [1.807, 2.05) is 0 Å². The first-order chi connectivity index (χ1) is 4.93. The van der Waals surface area contributed by atoms with E-state index in [2.05, 4.69) is 16.4 Å². The Morgan fingerprint density at radius 1 is 1.70 bits per heavy atom. The average Bonchev–Trinajstić information content (AvgIpc) is 2.41. The Kier molecular flexibility index (Phi) is 2.58. The van der Waals surface area contributed by atoms with Gasteiger partial charge in [-0.05, 0) is 12.1 Å². The molecule has 0 fully saturated rings. The van der Waals surface area contributed by atoms with Gasteiger partial charge in [0.1, 0.15) is 12.0 Å². The second-order valence-electron chi connectivity index (χ2n) is 1.60. The van der Waals surface area contributed by atoms with Crippen LogP contribution in [-0.2, 0) is 16.4 Å². The summed E-state index contributed by atoms with van der Waals surface area (Å²) in [7, 11) is 0. The SMILES string of the molecule is C=COOCc1ccco1. The van der Waals surface area contributed by atoms with Crippen LogP contribution in [0.1, 0.15) is 5.76 Å². The van der Waals surface area contributed by atoms with Gasteiger partial charge >= 0.3 is 0 Å². The molecule has 0 aromatic carbocycles. The first-order valence-electron chi connectivity index (χ1n) is 2.85. The predicted octanol–water partition coefficient (Wildman–Crippen LogP) is 1.87. The Bertz CT molecular complexity index is 179. The van der Waals surface area contributed by atoms with E-state index in [9.17, 15) is 0 Å². The third-order valence-electron chi connectivity index (χ3n) is 0.917. The third kappa shape index (κ3) is 1.95. The van der Waals surface area contributed by atoms with Crippen molar-refractivity contribution < 1.29 is 14.2 Å². The molecule has 1 heterocycles. The van der Waals surface area contributed by atoms with Gasteiger partial charge in [-0.15, -0.1) is 0 Å². The first kappa shape index (κ1) is 6.89. The summed E-state index contributed by atoms with van der Waals surface area (Å²) >= 11 is 0. The molecule has 1 aromatic rings. The van der Waals surface area contributed by atoms with Crippen molar-refractivity contribution in [2.75, 3.05) is 0 Å². The van der Waals surface area contributed by atoms with Crippen LogP contribution in [0.25, 0.3) is 0 Å². The molecule has 0 saturated heterocycles. The molecule has 10 heavy (non-hydrogen) atoms. The van der Waals surface area contributed by atoms with Gasteiger partial charge < -0.3 is 9.30 Å². The summed E-state index contributed by atoms with van der Waals surface area (Å²) < 4.78 is 4.94. The van der Waals surface area contributed by atoms with E-state index in [4.69, 9.17) is 4.42 Å². The summed E-state index contributed by atoms with van der Waals surface area (Å²) in [6.45, 7) is 3.61. The molecule has 1 aromatic heterocycles. The maximum atomic E-state index is 4.94. The monoisotopic (exact) mass is 140 g/mol. The molecular formula is C7H8O3. The minimum absolute atomic E-state index is 0.305. The van der Waals surface area contributed by atoms with Crippen LogP contribution in [-0.4, -0.2) is 0 Å². The van der Waals surface area contributed by atoms with Crippen molar-refractivity contribution in [1.29, 1.82) is 0 Å². The van der Waals surface area contributed by atoms with Crippen LogP contribution in [0.15, 0.2) is 35.7 Å². The van der Waals surface area contributed by atoms with E-state index in [0.717, 1.165) is 5.76 Å². The predicted molar refractivity (Wildman–Crippen MR) is 34.8 cm³/mol. The van der Waals surface area contributed by atoms with Gasteiger partial charge in [0.2, 0.25) is 0 Å². The third-order valence-corrected chi connectivity index (χ3v) is 0.917. The summed E-state index contributed by atoms with van der Waals surface area (Å²) in [4.78, 5) is 9.03. The largest absolute Gasteiger partial charge is 0.467 e. The normalized spacial score (nSPS) is 9.20. The fourth-order valence-corrected chi connectivity index (χ4v) is 0.535. The van der Waals surface area contributed by atoms with Gasteiger partial charge in [0.05, 0.1) is 6.26 Å². The van der Waals surface area contributed by atoms with Crippen molar-refractivity contribution in [3.8, 4) is 0 Å². The first-order valence-corrected chi connectivity index (χ1v) is 2.85. The van der Waals surface area contributed by atoms with E-state index in [-0.39, 0.29) is 0 Å². The minimum Gasteiger partial charge on any atom is -0.467 e. The van der Waals surface area contributed by atoms with Crippen LogP contribution < -0.4 is 0 Å². The van der Waals surface area contributed by atoms with Gasteiger partial charge in [0, 0.05) is 0 Å². The van der Waals surface area contributed by atoms with Crippen molar-refractivity contribution in [1.82, 2.24) is 0 Å². The number of hydrogen-bond donors (Lipinski definition) is 0. The van der Waals surface area contributed by atoms with Crippen LogP contribution in [0.4, 0.5) is 0 Å². The molecule has 0 saturated carbocycles. The Labute approximate surface area is 58.8 Å². The maximum Gasteiger partial charge on any atom is 0.152 e. The van der Waals surface area contributed by atoms with Gasteiger partial charge in [0.25, 0.3) is 0 Å². The Morgan fingerprint density at radius 2 is 2.60 bits per heavy atom. The second-order valence-corrected chi connectivity index (χ2v) is 1.60. The quantitative estimate of drug-likeness (QED) is 0.277. The lowest BCUT2D eigenvalue weighted by Crippen LogP contribution is -1.86. The highest BCUT2D eigenvalue weighted by atomic mass is 17.2. The highest BCUT2D eigenvalue weighted by molar-refractivity contribution is 4.95. The van der Waals surface area contributed by atoms with Gasteiger partial charge in [-0.2, -0.15) is 4.89 Å². The molecule has 0 amide bonds. The van der Waals surface area contributed by atoms with E-state index < -0.39 is 0 Å². The number of furan rings is 1. The minimum atomic E-state index is 0.305. The van der Waals surface area contributed by atoms with E-state index in [1.54, 1.807) is 18.4 Å². The van der Waals surface area contributed by atoms with Crippen molar-refractivity contribution >= 4 is 0 Å². The molecule has 0 unspecified atom stereocenters. The topological polar surface area (TPSA) is 31.6 Å². The lowest BCUT2D eigenvalue weighted by molar-refractivity contribution is -0.261. The van der Waals surface area contributed by atoms with Gasteiger partial charge in [-0.1, -0.05) is 6.58 Å². The van der Waals surface area contributed by atoms with Crippen molar-refractivity contribution in [2.24, 2.45) is 0 Å². The summed E-state index contributed by atoms with van der Waals surface area (Å²) in [6, 6.07) is 3.58. The van der Waals surface area contributed by atoms with Gasteiger partial charge in [0.15, 0.2) is 6.61 Å². The molecule has 0 aliphatic rings. The van der Waals surface area contributed by atoms with E-state index in [1.165, 1.54) is 6.26 Å². The van der Waals surface area contributed by atoms with Crippen LogP contribution in [0.5, 0.6) is 0 Å². The maximum absolute atomic E-state index is 4.94. The van der Waals surface area contributed by atoms with Crippen molar-refractivity contribution in [3.63, 3.8) is 0 Å². The standard InChI is InChI=1S/C7H8O3/c1-2-9-10-6-7-4-3-5-8-7/h2-5H,1,6H2. The zero-order valence-corrected chi connectivity index (χ0v) is 5.45.